The van der Waals surface area contributed by atoms with Gasteiger partial charge in [0.2, 0.25) is 10.0 Å². The van der Waals surface area contributed by atoms with Crippen LogP contribution in [0.15, 0.2) is 18.2 Å². The lowest BCUT2D eigenvalue weighted by atomic mass is 10.2. The van der Waals surface area contributed by atoms with Crippen molar-refractivity contribution in [3.05, 3.63) is 23.8 Å². The van der Waals surface area contributed by atoms with Gasteiger partial charge in [-0.3, -0.25) is 0 Å². The van der Waals surface area contributed by atoms with Crippen molar-refractivity contribution in [1.29, 1.82) is 0 Å². The van der Waals surface area contributed by atoms with Crippen LogP contribution < -0.4 is 14.6 Å². The van der Waals surface area contributed by atoms with Crippen LogP contribution in [0.5, 0.6) is 11.5 Å². The summed E-state index contributed by atoms with van der Waals surface area (Å²) in [6.45, 7) is 0.105. The van der Waals surface area contributed by atoms with E-state index in [0.29, 0.717) is 5.75 Å². The van der Waals surface area contributed by atoms with Gasteiger partial charge in [-0.2, -0.15) is 0 Å². The summed E-state index contributed by atoms with van der Waals surface area (Å²) in [5, 5.41) is 4.88. The van der Waals surface area contributed by atoms with E-state index in [0.717, 1.165) is 0 Å². The Kier molecular flexibility index (Phi) is 5.78. The van der Waals surface area contributed by atoms with Gasteiger partial charge in [0, 0.05) is 6.07 Å². The quantitative estimate of drug-likeness (QED) is 0.582. The van der Waals surface area contributed by atoms with Crippen LogP contribution in [0, 0.1) is 0 Å². The third-order valence-electron chi connectivity index (χ3n) is 2.42. The Bertz CT molecular complexity index is 569. The highest BCUT2D eigenvalue weighted by atomic mass is 32.2. The first-order valence-electron chi connectivity index (χ1n) is 5.77. The van der Waals surface area contributed by atoms with Gasteiger partial charge >= 0.3 is 5.97 Å². The molecular weight excluding hydrogens is 286 g/mol. The first kappa shape index (κ1) is 16.3. The molecule has 1 aromatic rings. The maximum Gasteiger partial charge on any atom is 0.341 e. The van der Waals surface area contributed by atoms with Crippen LogP contribution in [0.4, 0.5) is 0 Å². The molecule has 0 atom stereocenters. The molecule has 0 amide bonds. The SMILES string of the molecule is COC(=O)c1ccc(OC)cc1OCCCS(N)(=O)=O. The van der Waals surface area contributed by atoms with E-state index >= 15 is 0 Å². The van der Waals surface area contributed by atoms with E-state index < -0.39 is 16.0 Å². The number of carbonyl (C=O) groups is 1. The molecule has 1 rings (SSSR count). The summed E-state index contributed by atoms with van der Waals surface area (Å²) in [7, 11) is -0.774. The van der Waals surface area contributed by atoms with Crippen molar-refractivity contribution in [3.63, 3.8) is 0 Å². The maximum atomic E-state index is 11.6. The van der Waals surface area contributed by atoms with E-state index in [2.05, 4.69) is 4.74 Å². The van der Waals surface area contributed by atoms with Gasteiger partial charge in [0.05, 0.1) is 26.6 Å². The molecule has 112 valence electrons. The van der Waals surface area contributed by atoms with Crippen molar-refractivity contribution in [2.45, 2.75) is 6.42 Å². The molecule has 0 bridgehead atoms. The van der Waals surface area contributed by atoms with Crippen molar-refractivity contribution in [1.82, 2.24) is 0 Å². The molecule has 0 aliphatic carbocycles. The lowest BCUT2D eigenvalue weighted by Gasteiger charge is -2.11. The van der Waals surface area contributed by atoms with Gasteiger partial charge in [0.25, 0.3) is 0 Å². The topological polar surface area (TPSA) is 105 Å². The molecule has 2 N–H and O–H groups in total. The van der Waals surface area contributed by atoms with Crippen molar-refractivity contribution >= 4 is 16.0 Å². The zero-order chi connectivity index (χ0) is 15.2. The predicted molar refractivity (Wildman–Crippen MR) is 72.4 cm³/mol. The molecule has 8 heteroatoms. The fraction of sp³-hybridized carbons (Fsp3) is 0.417. The summed E-state index contributed by atoms with van der Waals surface area (Å²) in [4.78, 5) is 11.6. The third-order valence-corrected chi connectivity index (χ3v) is 3.28. The standard InChI is InChI=1S/C12H17NO6S/c1-17-9-4-5-10(12(14)18-2)11(8-9)19-6-3-7-20(13,15)16/h4-5,8H,3,6-7H2,1-2H3,(H2,13,15,16). The van der Waals surface area contributed by atoms with Crippen LogP contribution in [-0.2, 0) is 14.8 Å². The van der Waals surface area contributed by atoms with Crippen LogP contribution in [-0.4, -0.2) is 41.0 Å². The summed E-state index contributed by atoms with van der Waals surface area (Å²) in [6, 6.07) is 4.65. The second kappa shape index (κ2) is 7.11. The molecule has 1 aromatic carbocycles. The van der Waals surface area contributed by atoms with Crippen molar-refractivity contribution in [2.24, 2.45) is 5.14 Å². The van der Waals surface area contributed by atoms with Gasteiger partial charge in [-0.15, -0.1) is 0 Å². The van der Waals surface area contributed by atoms with Crippen LogP contribution in [0.3, 0.4) is 0 Å². The number of hydrogen-bond acceptors (Lipinski definition) is 6. The first-order chi connectivity index (χ1) is 9.37. The second-order valence-electron chi connectivity index (χ2n) is 3.92. The number of nitrogens with two attached hydrogens (primary N) is 1. The monoisotopic (exact) mass is 303 g/mol. The molecule has 7 nitrogen and oxygen atoms in total. The van der Waals surface area contributed by atoms with Gasteiger partial charge in [-0.25, -0.2) is 18.4 Å². The van der Waals surface area contributed by atoms with Crippen molar-refractivity contribution in [3.8, 4) is 11.5 Å². The van der Waals surface area contributed by atoms with E-state index in [1.54, 1.807) is 6.07 Å². The predicted octanol–water partition coefficient (Wildman–Crippen LogP) is 0.539. The molecule has 0 aliphatic rings. The van der Waals surface area contributed by atoms with E-state index in [1.165, 1.54) is 26.4 Å². The van der Waals surface area contributed by atoms with E-state index in [-0.39, 0.29) is 30.1 Å². The average molecular weight is 303 g/mol. The van der Waals surface area contributed by atoms with E-state index in [1.807, 2.05) is 0 Å². The van der Waals surface area contributed by atoms with Gasteiger partial charge in [0.1, 0.15) is 17.1 Å². The van der Waals surface area contributed by atoms with E-state index in [4.69, 9.17) is 14.6 Å². The van der Waals surface area contributed by atoms with Crippen LogP contribution in [0.2, 0.25) is 0 Å². The maximum absolute atomic E-state index is 11.6. The molecule has 0 saturated heterocycles. The number of hydrogen-bond donors (Lipinski definition) is 1. The van der Waals surface area contributed by atoms with E-state index in [9.17, 15) is 13.2 Å². The van der Waals surface area contributed by atoms with Crippen molar-refractivity contribution < 1.29 is 27.4 Å². The molecule has 20 heavy (non-hydrogen) atoms. The highest BCUT2D eigenvalue weighted by molar-refractivity contribution is 7.89. The molecule has 0 spiro atoms. The fourth-order valence-corrected chi connectivity index (χ4v) is 1.99. The Hall–Kier alpha value is -1.80. The average Bonchev–Trinajstić information content (AvgIpc) is 2.41. The number of benzene rings is 1. The molecule has 0 unspecified atom stereocenters. The summed E-state index contributed by atoms with van der Waals surface area (Å²) in [6.07, 6.45) is 0.219. The summed E-state index contributed by atoms with van der Waals surface area (Å²) in [5.41, 5.74) is 0.240. The molecule has 0 heterocycles. The largest absolute Gasteiger partial charge is 0.497 e. The molecule has 0 aliphatic heterocycles. The lowest BCUT2D eigenvalue weighted by Crippen LogP contribution is -2.18. The number of sulfonamides is 1. The minimum Gasteiger partial charge on any atom is -0.497 e. The second-order valence-corrected chi connectivity index (χ2v) is 5.66. The Morgan fingerprint density at radius 3 is 2.55 bits per heavy atom. The van der Waals surface area contributed by atoms with Crippen LogP contribution in [0.1, 0.15) is 16.8 Å². The smallest absolute Gasteiger partial charge is 0.341 e. The Morgan fingerprint density at radius 2 is 2.00 bits per heavy atom. The number of rotatable bonds is 7. The number of methoxy groups -OCH3 is 2. The lowest BCUT2D eigenvalue weighted by molar-refractivity contribution is 0.0596. The van der Waals surface area contributed by atoms with Crippen LogP contribution in [0.25, 0.3) is 0 Å². The zero-order valence-corrected chi connectivity index (χ0v) is 12.1. The Balaban J connectivity index is 2.77. The molecular formula is C12H17NO6S. The summed E-state index contributed by atoms with van der Waals surface area (Å²) >= 11 is 0. The number of ether oxygens (including phenoxy) is 3. The molecule has 0 saturated carbocycles. The fourth-order valence-electron chi connectivity index (χ4n) is 1.47. The van der Waals surface area contributed by atoms with Crippen molar-refractivity contribution in [2.75, 3.05) is 26.6 Å². The Morgan fingerprint density at radius 1 is 1.30 bits per heavy atom. The number of carbonyl (C=O) groups excluding carboxylic acids is 1. The molecule has 0 radical (unpaired) electrons. The van der Waals surface area contributed by atoms with Crippen LogP contribution >= 0.6 is 0 Å². The van der Waals surface area contributed by atoms with Gasteiger partial charge in [-0.05, 0) is 18.6 Å². The Labute approximate surface area is 117 Å². The first-order valence-corrected chi connectivity index (χ1v) is 7.48. The minimum absolute atomic E-state index is 0.105. The summed E-state index contributed by atoms with van der Waals surface area (Å²) in [5.74, 6) is 0.0451. The highest BCUT2D eigenvalue weighted by Crippen LogP contribution is 2.25. The van der Waals surface area contributed by atoms with Gasteiger partial charge < -0.3 is 14.2 Å². The number of esters is 1. The van der Waals surface area contributed by atoms with Gasteiger partial charge in [0.15, 0.2) is 0 Å². The van der Waals surface area contributed by atoms with Gasteiger partial charge in [-0.1, -0.05) is 0 Å². The summed E-state index contributed by atoms with van der Waals surface area (Å²) < 4.78 is 36.7. The highest BCUT2D eigenvalue weighted by Gasteiger charge is 2.14. The zero-order valence-electron chi connectivity index (χ0n) is 11.3. The third kappa shape index (κ3) is 5.06. The molecule has 0 aromatic heterocycles. The normalized spacial score (nSPS) is 10.9. The molecule has 0 fully saturated rings. The number of primary sulfonamides is 1. The minimum atomic E-state index is -3.52.